The maximum atomic E-state index is 8.88. The SMILES string of the molecule is Cc1cc2ccccc2nc1CCO. The Bertz CT molecular complexity index is 451. The summed E-state index contributed by atoms with van der Waals surface area (Å²) < 4.78 is 0. The van der Waals surface area contributed by atoms with Gasteiger partial charge in [0.2, 0.25) is 0 Å². The highest BCUT2D eigenvalue weighted by Gasteiger charge is 2.01. The Hall–Kier alpha value is -1.41. The Kier molecular flexibility index (Phi) is 2.46. The van der Waals surface area contributed by atoms with Crippen LogP contribution in [-0.4, -0.2) is 16.7 Å². The molecule has 1 aromatic carbocycles. The number of rotatable bonds is 2. The van der Waals surface area contributed by atoms with E-state index in [-0.39, 0.29) is 6.61 Å². The lowest BCUT2D eigenvalue weighted by molar-refractivity contribution is 0.298. The average Bonchev–Trinajstić information content (AvgIpc) is 2.19. The Morgan fingerprint density at radius 2 is 2.07 bits per heavy atom. The number of pyridine rings is 1. The van der Waals surface area contributed by atoms with Crippen LogP contribution in [0, 0.1) is 6.92 Å². The molecule has 0 unspecified atom stereocenters. The first-order chi connectivity index (χ1) is 6.81. The standard InChI is InChI=1S/C12H13NO/c1-9-8-10-4-2-3-5-12(10)13-11(9)6-7-14/h2-5,8,14H,6-7H2,1H3. The van der Waals surface area contributed by atoms with E-state index in [0.717, 1.165) is 22.2 Å². The number of hydrogen-bond donors (Lipinski definition) is 1. The molecule has 0 aliphatic carbocycles. The van der Waals surface area contributed by atoms with Crippen LogP contribution >= 0.6 is 0 Å². The fourth-order valence-corrected chi connectivity index (χ4v) is 1.62. The second-order valence-corrected chi connectivity index (χ2v) is 3.42. The Balaban J connectivity index is 2.59. The van der Waals surface area contributed by atoms with Crippen molar-refractivity contribution in [2.75, 3.05) is 6.61 Å². The molecule has 2 nitrogen and oxygen atoms in total. The van der Waals surface area contributed by atoms with Crippen LogP contribution in [0.5, 0.6) is 0 Å². The molecule has 0 aliphatic rings. The van der Waals surface area contributed by atoms with E-state index < -0.39 is 0 Å². The van der Waals surface area contributed by atoms with Crippen molar-refractivity contribution in [3.8, 4) is 0 Å². The molecular formula is C12H13NO. The number of aromatic nitrogens is 1. The summed E-state index contributed by atoms with van der Waals surface area (Å²) in [6.07, 6.45) is 0.636. The molecule has 2 aromatic rings. The lowest BCUT2D eigenvalue weighted by atomic mass is 10.1. The van der Waals surface area contributed by atoms with Crippen LogP contribution in [0.2, 0.25) is 0 Å². The van der Waals surface area contributed by atoms with Crippen LogP contribution < -0.4 is 0 Å². The number of nitrogens with zero attached hydrogens (tertiary/aromatic N) is 1. The fraction of sp³-hybridized carbons (Fsp3) is 0.250. The van der Waals surface area contributed by atoms with Gasteiger partial charge in [0.15, 0.2) is 0 Å². The molecule has 1 heterocycles. The lowest BCUT2D eigenvalue weighted by Gasteiger charge is -2.05. The van der Waals surface area contributed by atoms with Gasteiger partial charge in [0.25, 0.3) is 0 Å². The van der Waals surface area contributed by atoms with Crippen LogP contribution in [0.1, 0.15) is 11.3 Å². The smallest absolute Gasteiger partial charge is 0.0705 e. The molecule has 1 N–H and O–H groups in total. The van der Waals surface area contributed by atoms with Crippen molar-refractivity contribution in [3.05, 3.63) is 41.6 Å². The van der Waals surface area contributed by atoms with Crippen LogP contribution in [0.15, 0.2) is 30.3 Å². The summed E-state index contributed by atoms with van der Waals surface area (Å²) in [5, 5.41) is 10.0. The largest absolute Gasteiger partial charge is 0.396 e. The van der Waals surface area contributed by atoms with Crippen molar-refractivity contribution in [1.29, 1.82) is 0 Å². The molecule has 1 aromatic heterocycles. The first-order valence-electron chi connectivity index (χ1n) is 4.77. The molecule has 0 aliphatic heterocycles. The van der Waals surface area contributed by atoms with Crippen molar-refractivity contribution in [3.63, 3.8) is 0 Å². The number of aryl methyl sites for hydroxylation is 1. The molecule has 0 spiro atoms. The van der Waals surface area contributed by atoms with Gasteiger partial charge in [-0.1, -0.05) is 18.2 Å². The monoisotopic (exact) mass is 187 g/mol. The minimum atomic E-state index is 0.159. The molecule has 14 heavy (non-hydrogen) atoms. The van der Waals surface area contributed by atoms with E-state index in [1.807, 2.05) is 25.1 Å². The minimum absolute atomic E-state index is 0.159. The Morgan fingerprint density at radius 3 is 2.86 bits per heavy atom. The quantitative estimate of drug-likeness (QED) is 0.780. The van der Waals surface area contributed by atoms with Gasteiger partial charge in [-0.05, 0) is 24.6 Å². The summed E-state index contributed by atoms with van der Waals surface area (Å²) in [7, 11) is 0. The molecule has 0 saturated heterocycles. The van der Waals surface area contributed by atoms with Gasteiger partial charge >= 0.3 is 0 Å². The third kappa shape index (κ3) is 1.61. The van der Waals surface area contributed by atoms with Crippen molar-refractivity contribution in [2.45, 2.75) is 13.3 Å². The summed E-state index contributed by atoms with van der Waals surface area (Å²) in [5.74, 6) is 0. The highest BCUT2D eigenvalue weighted by Crippen LogP contribution is 2.15. The zero-order valence-corrected chi connectivity index (χ0v) is 8.20. The lowest BCUT2D eigenvalue weighted by Crippen LogP contribution is -1.98. The second-order valence-electron chi connectivity index (χ2n) is 3.42. The molecule has 0 saturated carbocycles. The van der Waals surface area contributed by atoms with Gasteiger partial charge in [0.05, 0.1) is 5.52 Å². The predicted octanol–water partition coefficient (Wildman–Crippen LogP) is 2.08. The highest BCUT2D eigenvalue weighted by molar-refractivity contribution is 5.79. The van der Waals surface area contributed by atoms with E-state index in [1.165, 1.54) is 0 Å². The van der Waals surface area contributed by atoms with Gasteiger partial charge in [-0.2, -0.15) is 0 Å². The number of benzene rings is 1. The highest BCUT2D eigenvalue weighted by atomic mass is 16.3. The summed E-state index contributed by atoms with van der Waals surface area (Å²) in [6.45, 7) is 2.19. The Morgan fingerprint density at radius 1 is 1.29 bits per heavy atom. The van der Waals surface area contributed by atoms with Crippen LogP contribution in [0.25, 0.3) is 10.9 Å². The van der Waals surface area contributed by atoms with E-state index in [9.17, 15) is 0 Å². The van der Waals surface area contributed by atoms with Crippen LogP contribution in [0.3, 0.4) is 0 Å². The topological polar surface area (TPSA) is 33.1 Å². The van der Waals surface area contributed by atoms with Crippen LogP contribution in [0.4, 0.5) is 0 Å². The molecule has 2 rings (SSSR count). The molecule has 0 bridgehead atoms. The van der Waals surface area contributed by atoms with Crippen molar-refractivity contribution in [1.82, 2.24) is 4.98 Å². The third-order valence-electron chi connectivity index (χ3n) is 2.37. The minimum Gasteiger partial charge on any atom is -0.396 e. The molecule has 0 amide bonds. The summed E-state index contributed by atoms with van der Waals surface area (Å²) in [6, 6.07) is 10.2. The summed E-state index contributed by atoms with van der Waals surface area (Å²) in [4.78, 5) is 4.50. The average molecular weight is 187 g/mol. The van der Waals surface area contributed by atoms with E-state index >= 15 is 0 Å². The molecular weight excluding hydrogens is 174 g/mol. The Labute approximate surface area is 83.2 Å². The zero-order chi connectivity index (χ0) is 9.97. The first-order valence-corrected chi connectivity index (χ1v) is 4.77. The van der Waals surface area contributed by atoms with Crippen molar-refractivity contribution < 1.29 is 5.11 Å². The molecule has 0 fully saturated rings. The maximum Gasteiger partial charge on any atom is 0.0705 e. The maximum absolute atomic E-state index is 8.88. The fourth-order valence-electron chi connectivity index (χ4n) is 1.62. The van der Waals surface area contributed by atoms with E-state index in [0.29, 0.717) is 6.42 Å². The van der Waals surface area contributed by atoms with Crippen molar-refractivity contribution >= 4 is 10.9 Å². The molecule has 0 atom stereocenters. The summed E-state index contributed by atoms with van der Waals surface area (Å²) >= 11 is 0. The van der Waals surface area contributed by atoms with Gasteiger partial charge in [0, 0.05) is 24.1 Å². The number of aliphatic hydroxyl groups is 1. The van der Waals surface area contributed by atoms with Crippen LogP contribution in [-0.2, 0) is 6.42 Å². The number of fused-ring (bicyclic) bond motifs is 1. The van der Waals surface area contributed by atoms with Gasteiger partial charge in [-0.15, -0.1) is 0 Å². The van der Waals surface area contributed by atoms with Gasteiger partial charge in [-0.3, -0.25) is 4.98 Å². The van der Waals surface area contributed by atoms with Gasteiger partial charge < -0.3 is 5.11 Å². The molecule has 2 heteroatoms. The van der Waals surface area contributed by atoms with E-state index in [2.05, 4.69) is 17.1 Å². The first kappa shape index (κ1) is 9.16. The zero-order valence-electron chi connectivity index (χ0n) is 8.20. The number of aliphatic hydroxyl groups excluding tert-OH is 1. The van der Waals surface area contributed by atoms with Gasteiger partial charge in [-0.25, -0.2) is 0 Å². The van der Waals surface area contributed by atoms with E-state index in [1.54, 1.807) is 0 Å². The normalized spacial score (nSPS) is 10.7. The molecule has 72 valence electrons. The van der Waals surface area contributed by atoms with E-state index in [4.69, 9.17) is 5.11 Å². The molecule has 0 radical (unpaired) electrons. The predicted molar refractivity (Wildman–Crippen MR) is 57.3 cm³/mol. The second kappa shape index (κ2) is 3.76. The summed E-state index contributed by atoms with van der Waals surface area (Å²) in [5.41, 5.74) is 3.14. The number of para-hydroxylation sites is 1. The number of hydrogen-bond acceptors (Lipinski definition) is 2. The van der Waals surface area contributed by atoms with Crippen molar-refractivity contribution in [2.24, 2.45) is 0 Å². The third-order valence-corrected chi connectivity index (χ3v) is 2.37. The van der Waals surface area contributed by atoms with Gasteiger partial charge in [0.1, 0.15) is 0 Å².